The molecule has 0 radical (unpaired) electrons. The normalized spacial score (nSPS) is 16.6. The Hall–Kier alpha value is -2.68. The summed E-state index contributed by atoms with van der Waals surface area (Å²) >= 11 is 0. The molecular weight excluding hydrogens is 288 g/mol. The highest BCUT2D eigenvalue weighted by molar-refractivity contribution is 5.56. The maximum absolute atomic E-state index is 9.21. The number of likely N-dealkylation sites (N-methyl/N-ethyl adjacent to an activating group) is 1. The van der Waals surface area contributed by atoms with E-state index in [-0.39, 0.29) is 0 Å². The van der Waals surface area contributed by atoms with Gasteiger partial charge in [-0.1, -0.05) is 0 Å². The average molecular weight is 306 g/mol. The van der Waals surface area contributed by atoms with Gasteiger partial charge in [-0.15, -0.1) is 5.10 Å². The summed E-state index contributed by atoms with van der Waals surface area (Å²) in [7, 11) is 2.00. The van der Waals surface area contributed by atoms with Crippen LogP contribution in [0.25, 0.3) is 0 Å². The van der Waals surface area contributed by atoms with E-state index in [1.54, 1.807) is 18.3 Å². The molecule has 1 saturated heterocycles. The smallest absolute Gasteiger partial charge is 0.151 e. The van der Waals surface area contributed by atoms with Crippen LogP contribution < -0.4 is 9.80 Å². The second-order valence-electron chi connectivity index (χ2n) is 6.18. The van der Waals surface area contributed by atoms with Gasteiger partial charge in [-0.3, -0.25) is 0 Å². The first-order valence-corrected chi connectivity index (χ1v) is 7.94. The molecule has 0 amide bonds. The molecule has 1 fully saturated rings. The largest absolute Gasteiger partial charge is 0.352 e. The number of pyridine rings is 1. The number of aryl methyl sites for hydroxylation is 2. The topological polar surface area (TPSA) is 68.9 Å². The number of rotatable bonds is 3. The number of fused-ring (bicyclic) bond motifs is 1. The molecule has 0 saturated carbocycles. The number of nitriles is 1. The molecular formula is C17H18N6. The Labute approximate surface area is 135 Å². The predicted octanol–water partition coefficient (Wildman–Crippen LogP) is 1.56. The van der Waals surface area contributed by atoms with Gasteiger partial charge in [0.05, 0.1) is 17.3 Å². The molecule has 23 heavy (non-hydrogen) atoms. The molecule has 0 spiro atoms. The molecule has 0 unspecified atom stereocenters. The highest BCUT2D eigenvalue weighted by Gasteiger charge is 2.33. The first-order valence-electron chi connectivity index (χ1n) is 7.94. The zero-order chi connectivity index (χ0) is 15.8. The maximum atomic E-state index is 9.21. The second kappa shape index (κ2) is 5.51. The zero-order valence-electron chi connectivity index (χ0n) is 13.1. The van der Waals surface area contributed by atoms with Crippen LogP contribution in [0.3, 0.4) is 0 Å². The highest BCUT2D eigenvalue weighted by atomic mass is 15.4. The van der Waals surface area contributed by atoms with E-state index in [9.17, 15) is 5.26 Å². The molecule has 0 N–H and O–H groups in total. The van der Waals surface area contributed by atoms with Gasteiger partial charge in [0.1, 0.15) is 11.9 Å². The Balaban J connectivity index is 1.46. The summed E-state index contributed by atoms with van der Waals surface area (Å²) in [6.07, 6.45) is 5.10. The van der Waals surface area contributed by atoms with Crippen molar-refractivity contribution in [1.29, 1.82) is 5.26 Å². The van der Waals surface area contributed by atoms with Crippen molar-refractivity contribution in [1.82, 2.24) is 15.2 Å². The average Bonchev–Trinajstić information content (AvgIpc) is 3.01. The molecule has 116 valence electrons. The predicted molar refractivity (Wildman–Crippen MR) is 87.4 cm³/mol. The van der Waals surface area contributed by atoms with E-state index in [4.69, 9.17) is 0 Å². The van der Waals surface area contributed by atoms with Crippen molar-refractivity contribution < 1.29 is 0 Å². The van der Waals surface area contributed by atoms with Gasteiger partial charge < -0.3 is 9.80 Å². The van der Waals surface area contributed by atoms with Crippen molar-refractivity contribution in [2.75, 3.05) is 29.9 Å². The summed E-state index contributed by atoms with van der Waals surface area (Å²) in [6, 6.07) is 8.34. The van der Waals surface area contributed by atoms with Crippen molar-refractivity contribution >= 4 is 11.6 Å². The summed E-state index contributed by atoms with van der Waals surface area (Å²) in [6.45, 7) is 1.76. The van der Waals surface area contributed by atoms with Crippen LogP contribution in [0.1, 0.15) is 23.2 Å². The molecule has 2 aromatic heterocycles. The van der Waals surface area contributed by atoms with E-state index in [1.165, 1.54) is 12.0 Å². The van der Waals surface area contributed by atoms with Crippen LogP contribution in [0.2, 0.25) is 0 Å². The number of aromatic nitrogens is 3. The third-order valence-electron chi connectivity index (χ3n) is 4.78. The van der Waals surface area contributed by atoms with Gasteiger partial charge in [-0.25, -0.2) is 4.98 Å². The van der Waals surface area contributed by atoms with Crippen LogP contribution >= 0.6 is 0 Å². The molecule has 0 bridgehead atoms. The van der Waals surface area contributed by atoms with E-state index >= 15 is 0 Å². The maximum Gasteiger partial charge on any atom is 0.151 e. The van der Waals surface area contributed by atoms with Crippen LogP contribution in [0.4, 0.5) is 11.6 Å². The van der Waals surface area contributed by atoms with Gasteiger partial charge in [-0.2, -0.15) is 10.4 Å². The zero-order valence-corrected chi connectivity index (χ0v) is 13.1. The number of nitrogens with zero attached hydrogens (tertiary/aromatic N) is 6. The first kappa shape index (κ1) is 13.9. The molecule has 2 aliphatic rings. The molecule has 2 aromatic rings. The van der Waals surface area contributed by atoms with Crippen molar-refractivity contribution in [3.8, 4) is 6.07 Å². The lowest BCUT2D eigenvalue weighted by Crippen LogP contribution is -2.59. The Kier molecular flexibility index (Phi) is 3.34. The molecule has 4 rings (SSSR count). The van der Waals surface area contributed by atoms with Gasteiger partial charge in [-0.05, 0) is 43.0 Å². The van der Waals surface area contributed by atoms with E-state index in [2.05, 4.69) is 37.1 Å². The minimum Gasteiger partial charge on any atom is -0.352 e. The van der Waals surface area contributed by atoms with E-state index < -0.39 is 0 Å². The Morgan fingerprint density at radius 2 is 2.17 bits per heavy atom. The summed E-state index contributed by atoms with van der Waals surface area (Å²) in [5, 5.41) is 17.9. The third kappa shape index (κ3) is 2.38. The fourth-order valence-electron chi connectivity index (χ4n) is 3.30. The van der Waals surface area contributed by atoms with Crippen LogP contribution in [0.15, 0.2) is 24.4 Å². The highest BCUT2D eigenvalue weighted by Crippen LogP contribution is 2.28. The summed E-state index contributed by atoms with van der Waals surface area (Å²) < 4.78 is 0. The second-order valence-corrected chi connectivity index (χ2v) is 6.18. The van der Waals surface area contributed by atoms with Crippen molar-refractivity contribution in [2.24, 2.45) is 0 Å². The van der Waals surface area contributed by atoms with Gasteiger partial charge in [0.25, 0.3) is 0 Å². The molecule has 1 aliphatic heterocycles. The van der Waals surface area contributed by atoms with Crippen molar-refractivity contribution in [3.05, 3.63) is 41.2 Å². The number of hydrogen-bond donors (Lipinski definition) is 0. The first-order chi connectivity index (χ1) is 11.3. The molecule has 6 heteroatoms. The van der Waals surface area contributed by atoms with Crippen LogP contribution in [0, 0.1) is 11.3 Å². The molecule has 6 nitrogen and oxygen atoms in total. The SMILES string of the molecule is CN(c1ncccc1C#N)C1CN(c2cc3c(nn2)CCC3)C1. The van der Waals surface area contributed by atoms with E-state index in [0.717, 1.165) is 43.3 Å². The van der Waals surface area contributed by atoms with E-state index in [1.807, 2.05) is 7.05 Å². The van der Waals surface area contributed by atoms with Crippen molar-refractivity contribution in [3.63, 3.8) is 0 Å². The molecule has 1 aliphatic carbocycles. The summed E-state index contributed by atoms with van der Waals surface area (Å²) in [5.41, 5.74) is 3.13. The number of anilines is 2. The summed E-state index contributed by atoms with van der Waals surface area (Å²) in [5.74, 6) is 1.72. The Morgan fingerprint density at radius 3 is 3.00 bits per heavy atom. The fraction of sp³-hybridized carbons (Fsp3) is 0.412. The lowest BCUT2D eigenvalue weighted by molar-refractivity contribution is 0.487. The lowest BCUT2D eigenvalue weighted by Gasteiger charge is -2.45. The lowest BCUT2D eigenvalue weighted by atomic mass is 10.1. The summed E-state index contributed by atoms with van der Waals surface area (Å²) in [4.78, 5) is 8.69. The van der Waals surface area contributed by atoms with Gasteiger partial charge in [0.15, 0.2) is 5.82 Å². The van der Waals surface area contributed by atoms with Gasteiger partial charge in [0, 0.05) is 26.3 Å². The number of hydrogen-bond acceptors (Lipinski definition) is 6. The van der Waals surface area contributed by atoms with Gasteiger partial charge in [0.2, 0.25) is 0 Å². The minimum absolute atomic E-state index is 0.340. The van der Waals surface area contributed by atoms with Crippen LogP contribution in [0.5, 0.6) is 0 Å². The standard InChI is InChI=1S/C17H18N6/c1-22(17-13(9-18)5-3-7-19-17)14-10-23(11-14)16-8-12-4-2-6-15(12)20-21-16/h3,5,7-8,14H,2,4,6,10-11H2,1H3. The van der Waals surface area contributed by atoms with Crippen molar-refractivity contribution in [2.45, 2.75) is 25.3 Å². The van der Waals surface area contributed by atoms with E-state index in [0.29, 0.717) is 11.6 Å². The molecule has 0 aromatic carbocycles. The molecule has 0 atom stereocenters. The van der Waals surface area contributed by atoms with Gasteiger partial charge >= 0.3 is 0 Å². The van der Waals surface area contributed by atoms with Crippen LogP contribution in [-0.4, -0.2) is 41.4 Å². The fourth-order valence-corrected chi connectivity index (χ4v) is 3.30. The Bertz CT molecular complexity index is 775. The quantitative estimate of drug-likeness (QED) is 0.857. The minimum atomic E-state index is 0.340. The molecule has 3 heterocycles. The Morgan fingerprint density at radius 1 is 1.30 bits per heavy atom. The monoisotopic (exact) mass is 306 g/mol. The third-order valence-corrected chi connectivity index (χ3v) is 4.78. The van der Waals surface area contributed by atoms with Crippen LogP contribution in [-0.2, 0) is 12.8 Å².